The molecule has 1 atom stereocenters. The average molecular weight is 367 g/mol. The fourth-order valence-corrected chi connectivity index (χ4v) is 3.90. The normalized spacial score (nSPS) is 22.7. The number of carbonyl (C=O) groups excluding carboxylic acids is 1. The summed E-state index contributed by atoms with van der Waals surface area (Å²) in [7, 11) is 0. The second-order valence-electron chi connectivity index (χ2n) is 5.97. The van der Waals surface area contributed by atoms with Crippen molar-refractivity contribution in [2.75, 3.05) is 11.4 Å². The van der Waals surface area contributed by atoms with Gasteiger partial charge in [0.05, 0.1) is 22.5 Å². The number of nitrogens with zero attached hydrogens (tertiary/aromatic N) is 3. The van der Waals surface area contributed by atoms with E-state index in [2.05, 4.69) is 9.98 Å². The zero-order valence-corrected chi connectivity index (χ0v) is 13.8. The number of carbonyl (C=O) groups is 1. The van der Waals surface area contributed by atoms with E-state index in [1.807, 2.05) is 6.92 Å². The van der Waals surface area contributed by atoms with Crippen molar-refractivity contribution in [2.24, 2.45) is 4.99 Å². The molecule has 2 aliphatic heterocycles. The Kier molecular flexibility index (Phi) is 3.32. The van der Waals surface area contributed by atoms with Crippen molar-refractivity contribution in [3.63, 3.8) is 0 Å². The van der Waals surface area contributed by atoms with E-state index in [1.165, 1.54) is 11.3 Å². The Morgan fingerprint density at radius 3 is 2.76 bits per heavy atom. The van der Waals surface area contributed by atoms with Gasteiger partial charge in [0.25, 0.3) is 0 Å². The number of rotatable bonds is 1. The predicted octanol–water partition coefficient (Wildman–Crippen LogP) is 3.34. The van der Waals surface area contributed by atoms with E-state index in [9.17, 15) is 23.1 Å². The van der Waals surface area contributed by atoms with Crippen molar-refractivity contribution in [3.8, 4) is 0 Å². The van der Waals surface area contributed by atoms with Gasteiger partial charge in [0, 0.05) is 18.5 Å². The number of Topliss-reactive ketones (excluding diaryl/α,β-unsaturated/α-hetero) is 1. The first-order chi connectivity index (χ1) is 11.7. The minimum Gasteiger partial charge on any atom is -0.374 e. The van der Waals surface area contributed by atoms with E-state index < -0.39 is 23.1 Å². The summed E-state index contributed by atoms with van der Waals surface area (Å²) in [6.07, 6.45) is -2.87. The fraction of sp³-hybridized carbons (Fsp3) is 0.312. The monoisotopic (exact) mass is 367 g/mol. The van der Waals surface area contributed by atoms with Crippen LogP contribution in [0.25, 0.3) is 0 Å². The molecule has 4 rings (SSSR count). The van der Waals surface area contributed by atoms with Gasteiger partial charge >= 0.3 is 6.18 Å². The van der Waals surface area contributed by atoms with Gasteiger partial charge in [-0.3, -0.25) is 4.79 Å². The van der Waals surface area contributed by atoms with Crippen LogP contribution in [0.15, 0.2) is 29.4 Å². The van der Waals surface area contributed by atoms with Gasteiger partial charge in [0.1, 0.15) is 5.00 Å². The molecule has 1 aromatic carbocycles. The zero-order chi connectivity index (χ0) is 18.0. The van der Waals surface area contributed by atoms with E-state index in [-0.39, 0.29) is 23.5 Å². The first kappa shape index (κ1) is 16.2. The predicted molar refractivity (Wildman–Crippen MR) is 86.6 cm³/mol. The first-order valence-electron chi connectivity index (χ1n) is 7.48. The lowest BCUT2D eigenvalue weighted by molar-refractivity contribution is -0.137. The smallest absolute Gasteiger partial charge is 0.374 e. The molecule has 0 spiro atoms. The van der Waals surface area contributed by atoms with E-state index in [0.717, 1.165) is 28.2 Å². The number of fused-ring (bicyclic) bond motifs is 2. The van der Waals surface area contributed by atoms with Gasteiger partial charge in [-0.15, -0.1) is 11.3 Å². The summed E-state index contributed by atoms with van der Waals surface area (Å²) in [5, 5.41) is 12.4. The quantitative estimate of drug-likeness (QED) is 0.840. The van der Waals surface area contributed by atoms with Crippen LogP contribution in [0.2, 0.25) is 0 Å². The zero-order valence-electron chi connectivity index (χ0n) is 13.0. The minimum atomic E-state index is -4.57. The third-order valence-electron chi connectivity index (χ3n) is 4.37. The van der Waals surface area contributed by atoms with Crippen LogP contribution in [-0.2, 0) is 6.18 Å². The van der Waals surface area contributed by atoms with Crippen molar-refractivity contribution < 1.29 is 23.1 Å². The van der Waals surface area contributed by atoms with Crippen LogP contribution in [-0.4, -0.2) is 33.9 Å². The number of aromatic nitrogens is 1. The van der Waals surface area contributed by atoms with Crippen molar-refractivity contribution in [1.82, 2.24) is 4.98 Å². The minimum absolute atomic E-state index is 0.0668. The molecule has 1 aromatic heterocycles. The van der Waals surface area contributed by atoms with Crippen LogP contribution >= 0.6 is 11.3 Å². The lowest BCUT2D eigenvalue weighted by Crippen LogP contribution is -2.48. The molecule has 5 nitrogen and oxygen atoms in total. The summed E-state index contributed by atoms with van der Waals surface area (Å²) < 4.78 is 38.7. The van der Waals surface area contributed by atoms with Crippen LogP contribution in [0.1, 0.15) is 27.3 Å². The Morgan fingerprint density at radius 1 is 1.36 bits per heavy atom. The number of amidine groups is 1. The third kappa shape index (κ3) is 2.37. The number of alkyl halides is 3. The average Bonchev–Trinajstić information content (AvgIpc) is 3.11. The summed E-state index contributed by atoms with van der Waals surface area (Å²) in [4.78, 5) is 22.9. The highest BCUT2D eigenvalue weighted by Gasteiger charge is 2.53. The Bertz CT molecular complexity index is 922. The molecule has 2 aliphatic rings. The summed E-state index contributed by atoms with van der Waals surface area (Å²) in [5.41, 5.74) is -2.92. The third-order valence-corrected chi connectivity index (χ3v) is 5.30. The molecule has 0 aliphatic carbocycles. The van der Waals surface area contributed by atoms with Gasteiger partial charge in [-0.05, 0) is 25.1 Å². The Hall–Kier alpha value is -2.26. The highest BCUT2D eigenvalue weighted by atomic mass is 32.1. The van der Waals surface area contributed by atoms with E-state index >= 15 is 0 Å². The molecule has 0 saturated carbocycles. The summed E-state index contributed by atoms with van der Waals surface area (Å²) in [6.45, 7) is 2.17. The van der Waals surface area contributed by atoms with Crippen LogP contribution in [0.4, 0.5) is 23.9 Å². The fourth-order valence-electron chi connectivity index (χ4n) is 3.10. The van der Waals surface area contributed by atoms with Gasteiger partial charge in [0.15, 0.2) is 11.4 Å². The molecule has 1 N–H and O–H groups in total. The largest absolute Gasteiger partial charge is 0.416 e. The topological polar surface area (TPSA) is 65.8 Å². The molecular formula is C16H12F3N3O2S. The highest BCUT2D eigenvalue weighted by molar-refractivity contribution is 7.15. The van der Waals surface area contributed by atoms with Crippen molar-refractivity contribution in [3.05, 3.63) is 40.5 Å². The maximum absolute atomic E-state index is 12.9. The number of ketones is 1. The molecule has 1 saturated heterocycles. The first-order valence-corrected chi connectivity index (χ1v) is 8.29. The van der Waals surface area contributed by atoms with E-state index in [1.54, 1.807) is 11.1 Å². The Morgan fingerprint density at radius 2 is 2.12 bits per heavy atom. The number of hydrogen-bond acceptors (Lipinski definition) is 6. The van der Waals surface area contributed by atoms with Crippen molar-refractivity contribution in [1.29, 1.82) is 0 Å². The molecule has 25 heavy (non-hydrogen) atoms. The highest BCUT2D eigenvalue weighted by Crippen LogP contribution is 2.42. The van der Waals surface area contributed by atoms with Crippen LogP contribution in [0, 0.1) is 6.92 Å². The van der Waals surface area contributed by atoms with E-state index in [0.29, 0.717) is 6.54 Å². The van der Waals surface area contributed by atoms with Gasteiger partial charge in [-0.1, -0.05) is 0 Å². The molecule has 1 fully saturated rings. The lowest BCUT2D eigenvalue weighted by atomic mass is 9.87. The van der Waals surface area contributed by atoms with Gasteiger partial charge in [0.2, 0.25) is 5.78 Å². The number of halogens is 3. The maximum atomic E-state index is 12.9. The lowest BCUT2D eigenvalue weighted by Gasteiger charge is -2.29. The van der Waals surface area contributed by atoms with Crippen LogP contribution in [0.5, 0.6) is 0 Å². The van der Waals surface area contributed by atoms with Crippen LogP contribution in [0.3, 0.4) is 0 Å². The van der Waals surface area contributed by atoms with Gasteiger partial charge < -0.3 is 10.0 Å². The summed E-state index contributed by atoms with van der Waals surface area (Å²) in [5.74, 6) is -0.601. The Labute approximate surface area is 144 Å². The second kappa shape index (κ2) is 5.12. The molecule has 0 unspecified atom stereocenters. The molecular weight excluding hydrogens is 355 g/mol. The summed E-state index contributed by atoms with van der Waals surface area (Å²) in [6, 6.07) is 2.81. The van der Waals surface area contributed by atoms with Gasteiger partial charge in [-0.25, -0.2) is 9.98 Å². The number of anilines is 1. The standard InChI is InChI=1S/C16H12F3N3O2S/c1-8-20-7-12(25-8)22-5-4-15(24)13(23)10-6-9(16(17,18)19)2-3-11(10)21-14(15)22/h2-3,6-7,24H,4-5H2,1H3/t15-/m1/s1. The van der Waals surface area contributed by atoms with E-state index in [4.69, 9.17) is 0 Å². The van der Waals surface area contributed by atoms with Crippen LogP contribution < -0.4 is 4.90 Å². The second-order valence-corrected chi connectivity index (χ2v) is 7.19. The number of thiazole rings is 1. The number of aliphatic imine (C=N–C) groups is 1. The SMILES string of the molecule is Cc1ncc(N2CC[C@@]3(O)C(=O)c4cc(C(F)(F)F)ccc4N=C23)s1. The van der Waals surface area contributed by atoms with Gasteiger partial charge in [-0.2, -0.15) is 13.2 Å². The molecule has 0 bridgehead atoms. The Balaban J connectivity index is 1.84. The van der Waals surface area contributed by atoms with Crippen molar-refractivity contribution >= 4 is 33.6 Å². The molecule has 3 heterocycles. The summed E-state index contributed by atoms with van der Waals surface area (Å²) >= 11 is 1.39. The number of hydrogen-bond donors (Lipinski definition) is 1. The number of aliphatic hydroxyl groups is 1. The molecule has 0 amide bonds. The molecule has 9 heteroatoms. The molecule has 2 aromatic rings. The maximum Gasteiger partial charge on any atom is 0.416 e. The number of aryl methyl sites for hydroxylation is 1. The molecule has 0 radical (unpaired) electrons. The number of benzene rings is 1. The molecule has 130 valence electrons. The van der Waals surface area contributed by atoms with Crippen molar-refractivity contribution in [2.45, 2.75) is 25.1 Å².